The molecular formula is C24H22N2O4S. The molecule has 1 aromatic carbocycles. The molecule has 0 radical (unpaired) electrons. The Morgan fingerprint density at radius 3 is 2.65 bits per heavy atom. The highest BCUT2D eigenvalue weighted by Gasteiger charge is 2.17. The number of carbonyl (C=O) groups is 1. The maximum absolute atomic E-state index is 12.7. The lowest BCUT2D eigenvalue weighted by Crippen LogP contribution is -2.16. The number of hydrogen-bond acceptors (Lipinski definition) is 6. The summed E-state index contributed by atoms with van der Waals surface area (Å²) in [6.45, 7) is 4.04. The van der Waals surface area contributed by atoms with Crippen LogP contribution in [0.25, 0.3) is 5.13 Å². The topological polar surface area (TPSA) is 74.3 Å². The average Bonchev–Trinajstić information content (AvgIpc) is 3.36. The van der Waals surface area contributed by atoms with Crippen LogP contribution in [0.3, 0.4) is 0 Å². The lowest BCUT2D eigenvalue weighted by atomic mass is 10.1. The van der Waals surface area contributed by atoms with E-state index in [4.69, 9.17) is 9.15 Å². The van der Waals surface area contributed by atoms with Crippen molar-refractivity contribution in [2.45, 2.75) is 33.3 Å². The smallest absolute Gasteiger partial charge is 0.260 e. The van der Waals surface area contributed by atoms with E-state index in [1.165, 1.54) is 22.0 Å². The Hall–Kier alpha value is -3.45. The molecule has 158 valence electrons. The largest absolute Gasteiger partial charge is 0.489 e. The molecule has 31 heavy (non-hydrogen) atoms. The molecule has 4 rings (SSSR count). The minimum atomic E-state index is -0.260. The number of Topliss-reactive ketones (excluding diaryl/α,β-unsaturated/α-hetero) is 1. The molecule has 0 saturated carbocycles. The second kappa shape index (κ2) is 9.14. The van der Waals surface area contributed by atoms with Gasteiger partial charge in [-0.3, -0.25) is 14.2 Å². The summed E-state index contributed by atoms with van der Waals surface area (Å²) in [5.41, 5.74) is 1.39. The molecule has 0 aliphatic carbocycles. The fourth-order valence-corrected chi connectivity index (χ4v) is 4.19. The highest BCUT2D eigenvalue weighted by atomic mass is 32.1. The highest BCUT2D eigenvalue weighted by Crippen LogP contribution is 2.23. The number of nitrogens with zero attached hydrogens (tertiary/aromatic N) is 2. The zero-order valence-electron chi connectivity index (χ0n) is 17.3. The number of ether oxygens (including phenoxy) is 1. The molecule has 0 amide bonds. The Labute approximate surface area is 183 Å². The van der Waals surface area contributed by atoms with Gasteiger partial charge in [0, 0.05) is 25.1 Å². The van der Waals surface area contributed by atoms with Crippen molar-refractivity contribution in [1.29, 1.82) is 0 Å². The summed E-state index contributed by atoms with van der Waals surface area (Å²) in [6, 6.07) is 16.7. The van der Waals surface area contributed by atoms with Crippen molar-refractivity contribution in [3.63, 3.8) is 0 Å². The van der Waals surface area contributed by atoms with Crippen molar-refractivity contribution in [2.75, 3.05) is 0 Å². The van der Waals surface area contributed by atoms with Crippen LogP contribution in [-0.2, 0) is 13.0 Å². The van der Waals surface area contributed by atoms with Crippen LogP contribution in [0.1, 0.15) is 38.9 Å². The minimum Gasteiger partial charge on any atom is -0.489 e. The number of benzene rings is 1. The average molecular weight is 435 g/mol. The maximum Gasteiger partial charge on any atom is 0.260 e. The van der Waals surface area contributed by atoms with E-state index in [2.05, 4.69) is 4.98 Å². The first-order valence-corrected chi connectivity index (χ1v) is 10.8. The number of aryl methyl sites for hydroxylation is 3. The maximum atomic E-state index is 12.7. The number of rotatable bonds is 8. The molecule has 0 N–H and O–H groups in total. The van der Waals surface area contributed by atoms with E-state index in [9.17, 15) is 9.59 Å². The monoisotopic (exact) mass is 434 g/mol. The van der Waals surface area contributed by atoms with E-state index in [1.807, 2.05) is 49.4 Å². The Kier molecular flexibility index (Phi) is 6.13. The number of thiazole rings is 1. The van der Waals surface area contributed by atoms with Crippen molar-refractivity contribution in [2.24, 2.45) is 0 Å². The van der Waals surface area contributed by atoms with Crippen LogP contribution < -0.4 is 10.3 Å². The van der Waals surface area contributed by atoms with Crippen LogP contribution in [0, 0.1) is 13.8 Å². The Morgan fingerprint density at radius 2 is 1.94 bits per heavy atom. The van der Waals surface area contributed by atoms with Crippen molar-refractivity contribution < 1.29 is 13.9 Å². The van der Waals surface area contributed by atoms with Gasteiger partial charge in [0.25, 0.3) is 5.56 Å². The highest BCUT2D eigenvalue weighted by molar-refractivity contribution is 7.16. The van der Waals surface area contributed by atoms with E-state index in [1.54, 1.807) is 19.2 Å². The van der Waals surface area contributed by atoms with Gasteiger partial charge in [-0.1, -0.05) is 41.7 Å². The molecule has 4 aromatic rings. The zero-order chi connectivity index (χ0) is 21.8. The van der Waals surface area contributed by atoms with Crippen molar-refractivity contribution in [1.82, 2.24) is 9.55 Å². The molecule has 0 atom stereocenters. The second-order valence-electron chi connectivity index (χ2n) is 7.19. The number of furan rings is 1. The molecule has 7 heteroatoms. The first-order valence-electron chi connectivity index (χ1n) is 9.95. The lowest BCUT2D eigenvalue weighted by molar-refractivity contribution is 0.0984. The summed E-state index contributed by atoms with van der Waals surface area (Å²) in [5, 5.41) is 0.467. The van der Waals surface area contributed by atoms with E-state index in [0.29, 0.717) is 40.9 Å². The summed E-state index contributed by atoms with van der Waals surface area (Å²) < 4.78 is 12.7. The van der Waals surface area contributed by atoms with Crippen molar-refractivity contribution in [3.8, 4) is 10.9 Å². The van der Waals surface area contributed by atoms with Crippen LogP contribution in [0.5, 0.6) is 5.75 Å². The summed E-state index contributed by atoms with van der Waals surface area (Å²) in [6.07, 6.45) is 2.49. The van der Waals surface area contributed by atoms with E-state index >= 15 is 0 Å². The predicted octanol–water partition coefficient (Wildman–Crippen LogP) is 4.90. The van der Waals surface area contributed by atoms with Gasteiger partial charge in [0.15, 0.2) is 10.9 Å². The van der Waals surface area contributed by atoms with Gasteiger partial charge in [-0.15, -0.1) is 0 Å². The third-order valence-corrected chi connectivity index (χ3v) is 5.98. The molecule has 0 aliphatic heterocycles. The first kappa shape index (κ1) is 20.8. The standard InChI is InChI=1S/C24H22N2O4S/c1-16-8-9-19(30-16)10-11-21(27)23-17(2)25-24(31-23)26-13-12-20(14-22(26)28)29-15-18-6-4-3-5-7-18/h3-9,12-14H,10-11,15H2,1-2H3. The number of pyridine rings is 1. The van der Waals surface area contributed by atoms with Gasteiger partial charge in [-0.25, -0.2) is 4.98 Å². The molecule has 0 unspecified atom stereocenters. The van der Waals surface area contributed by atoms with Gasteiger partial charge in [-0.2, -0.15) is 0 Å². The number of ketones is 1. The minimum absolute atomic E-state index is 0.00818. The molecule has 3 heterocycles. The third-order valence-electron chi connectivity index (χ3n) is 4.78. The first-order chi connectivity index (χ1) is 15.0. The molecule has 0 saturated heterocycles. The second-order valence-corrected chi connectivity index (χ2v) is 8.17. The summed E-state index contributed by atoms with van der Waals surface area (Å²) in [7, 11) is 0. The zero-order valence-corrected chi connectivity index (χ0v) is 18.1. The van der Waals surface area contributed by atoms with Crippen LogP contribution in [0.15, 0.2) is 70.0 Å². The fraction of sp³-hybridized carbons (Fsp3) is 0.208. The number of carbonyl (C=O) groups excluding carboxylic acids is 1. The van der Waals surface area contributed by atoms with Gasteiger partial charge < -0.3 is 9.15 Å². The Bertz CT molecular complexity index is 1250. The van der Waals surface area contributed by atoms with Crippen molar-refractivity contribution >= 4 is 17.1 Å². The fourth-order valence-electron chi connectivity index (χ4n) is 3.16. The quantitative estimate of drug-likeness (QED) is 0.369. The van der Waals surface area contributed by atoms with Gasteiger partial charge in [0.1, 0.15) is 23.9 Å². The SMILES string of the molecule is Cc1ccc(CCC(=O)c2sc(-n3ccc(OCc4ccccc4)cc3=O)nc2C)o1. The Morgan fingerprint density at radius 1 is 1.13 bits per heavy atom. The van der Waals surface area contributed by atoms with Gasteiger partial charge in [0.05, 0.1) is 10.6 Å². The van der Waals surface area contributed by atoms with E-state index in [-0.39, 0.29) is 11.3 Å². The number of aromatic nitrogens is 2. The molecular weight excluding hydrogens is 412 g/mol. The van der Waals surface area contributed by atoms with Crippen molar-refractivity contribution in [3.05, 3.63) is 98.8 Å². The molecule has 0 aliphatic rings. The van der Waals surface area contributed by atoms with Crippen LogP contribution in [0.4, 0.5) is 0 Å². The molecule has 3 aromatic heterocycles. The summed E-state index contributed by atoms with van der Waals surface area (Å²) in [5.74, 6) is 2.10. The molecule has 0 fully saturated rings. The molecule has 0 spiro atoms. The van der Waals surface area contributed by atoms with Gasteiger partial charge in [-0.05, 0) is 37.6 Å². The predicted molar refractivity (Wildman–Crippen MR) is 119 cm³/mol. The van der Waals surface area contributed by atoms with E-state index < -0.39 is 0 Å². The van der Waals surface area contributed by atoms with Gasteiger partial charge in [0.2, 0.25) is 0 Å². The molecule has 0 bridgehead atoms. The van der Waals surface area contributed by atoms with Crippen LogP contribution in [-0.4, -0.2) is 15.3 Å². The number of hydrogen-bond donors (Lipinski definition) is 0. The Balaban J connectivity index is 1.45. The molecule has 6 nitrogen and oxygen atoms in total. The normalized spacial score (nSPS) is 10.9. The van der Waals surface area contributed by atoms with Gasteiger partial charge >= 0.3 is 0 Å². The van der Waals surface area contributed by atoms with Crippen LogP contribution in [0.2, 0.25) is 0 Å². The summed E-state index contributed by atoms with van der Waals surface area (Å²) >= 11 is 1.22. The lowest BCUT2D eigenvalue weighted by Gasteiger charge is -2.07. The van der Waals surface area contributed by atoms with E-state index in [0.717, 1.165) is 17.1 Å². The third kappa shape index (κ3) is 5.00. The van der Waals surface area contributed by atoms with Crippen LogP contribution >= 0.6 is 11.3 Å². The summed E-state index contributed by atoms with van der Waals surface area (Å²) in [4.78, 5) is 30.3.